The van der Waals surface area contributed by atoms with Gasteiger partial charge in [0.2, 0.25) is 5.82 Å². The zero-order valence-corrected chi connectivity index (χ0v) is 7.60. The van der Waals surface area contributed by atoms with E-state index in [0.29, 0.717) is 18.2 Å². The number of imidazole rings is 1. The maximum Gasteiger partial charge on any atom is 0.213 e. The molecule has 0 aromatic carbocycles. The van der Waals surface area contributed by atoms with E-state index in [-0.39, 0.29) is 0 Å². The van der Waals surface area contributed by atoms with Crippen LogP contribution in [0, 0.1) is 18.3 Å². The number of H-pyrrole nitrogens is 1. The van der Waals surface area contributed by atoms with E-state index in [1.807, 2.05) is 13.0 Å². The Morgan fingerprint density at radius 1 is 1.64 bits per heavy atom. The van der Waals surface area contributed by atoms with Gasteiger partial charge in [-0.2, -0.15) is 10.4 Å². The number of aromatic nitrogens is 5. The molecule has 0 atom stereocenters. The normalized spacial score (nSPS) is 10.0. The van der Waals surface area contributed by atoms with E-state index in [1.165, 1.54) is 0 Å². The molecule has 2 heterocycles. The molecule has 0 aliphatic rings. The van der Waals surface area contributed by atoms with Gasteiger partial charge in [-0.05, 0) is 6.92 Å². The summed E-state index contributed by atoms with van der Waals surface area (Å²) >= 11 is 0. The lowest BCUT2D eigenvalue weighted by atomic mass is 10.5. The molecule has 0 bridgehead atoms. The maximum atomic E-state index is 8.71. The highest BCUT2D eigenvalue weighted by Gasteiger charge is 2.04. The number of nitriles is 1. The Hall–Kier alpha value is -2.16. The molecular weight excluding hydrogens is 180 g/mol. The van der Waals surface area contributed by atoms with E-state index < -0.39 is 0 Å². The second kappa shape index (κ2) is 3.30. The highest BCUT2D eigenvalue weighted by Crippen LogP contribution is 2.00. The third kappa shape index (κ3) is 1.47. The van der Waals surface area contributed by atoms with Crippen LogP contribution >= 0.6 is 0 Å². The highest BCUT2D eigenvalue weighted by atomic mass is 15.2. The number of nitrogens with zero attached hydrogens (tertiary/aromatic N) is 5. The van der Waals surface area contributed by atoms with Crippen molar-refractivity contribution in [3.05, 3.63) is 29.9 Å². The molecule has 2 aromatic heterocycles. The van der Waals surface area contributed by atoms with Crippen molar-refractivity contribution in [1.29, 1.82) is 5.26 Å². The third-order valence-electron chi connectivity index (χ3n) is 1.77. The van der Waals surface area contributed by atoms with Crippen LogP contribution in [0.1, 0.15) is 17.5 Å². The fraction of sp³-hybridized carbons (Fsp3) is 0.250. The predicted octanol–water partition coefficient (Wildman–Crippen LogP) is 0.230. The zero-order valence-electron chi connectivity index (χ0n) is 7.60. The number of hydrogen-bond acceptors (Lipinski definition) is 4. The van der Waals surface area contributed by atoms with E-state index in [4.69, 9.17) is 5.26 Å². The Morgan fingerprint density at radius 3 is 3.14 bits per heavy atom. The summed E-state index contributed by atoms with van der Waals surface area (Å²) in [6.07, 6.45) is 3.31. The lowest BCUT2D eigenvalue weighted by Gasteiger charge is -1.97. The third-order valence-corrected chi connectivity index (χ3v) is 1.77. The van der Waals surface area contributed by atoms with Crippen molar-refractivity contribution in [2.75, 3.05) is 0 Å². The summed E-state index contributed by atoms with van der Waals surface area (Å²) in [6.45, 7) is 2.29. The lowest BCUT2D eigenvalue weighted by Crippen LogP contribution is -2.03. The molecule has 2 rings (SSSR count). The van der Waals surface area contributed by atoms with Crippen molar-refractivity contribution in [3.63, 3.8) is 0 Å². The van der Waals surface area contributed by atoms with Crippen LogP contribution in [0.15, 0.2) is 12.4 Å². The standard InChI is InChI=1S/C8H8N6/c1-6-11-7(13-12-6)5-14-3-2-10-8(14)4-9/h2-3H,5H2,1H3,(H,11,12,13). The van der Waals surface area contributed by atoms with Crippen molar-refractivity contribution in [2.45, 2.75) is 13.5 Å². The largest absolute Gasteiger partial charge is 0.315 e. The van der Waals surface area contributed by atoms with Crippen LogP contribution in [0.2, 0.25) is 0 Å². The first-order valence-corrected chi connectivity index (χ1v) is 4.08. The molecule has 14 heavy (non-hydrogen) atoms. The smallest absolute Gasteiger partial charge is 0.213 e. The number of rotatable bonds is 2. The Balaban J connectivity index is 2.23. The molecule has 0 fully saturated rings. The quantitative estimate of drug-likeness (QED) is 0.731. The molecular formula is C8H8N6. The Bertz CT molecular complexity index is 474. The fourth-order valence-electron chi connectivity index (χ4n) is 1.16. The number of nitrogens with one attached hydrogen (secondary N) is 1. The van der Waals surface area contributed by atoms with E-state index in [0.717, 1.165) is 5.82 Å². The fourth-order valence-corrected chi connectivity index (χ4v) is 1.16. The summed E-state index contributed by atoms with van der Waals surface area (Å²) in [5, 5.41) is 15.4. The molecule has 2 aromatic rings. The first-order chi connectivity index (χ1) is 6.79. The first kappa shape index (κ1) is 8.44. The van der Waals surface area contributed by atoms with E-state index in [9.17, 15) is 0 Å². The van der Waals surface area contributed by atoms with Crippen LogP contribution in [0.3, 0.4) is 0 Å². The molecule has 0 unspecified atom stereocenters. The van der Waals surface area contributed by atoms with Gasteiger partial charge in [0.15, 0.2) is 5.82 Å². The minimum atomic E-state index is 0.368. The van der Waals surface area contributed by atoms with E-state index in [1.54, 1.807) is 17.0 Å². The number of hydrogen-bond donors (Lipinski definition) is 1. The van der Waals surface area contributed by atoms with E-state index >= 15 is 0 Å². The summed E-state index contributed by atoms with van der Waals surface area (Å²) in [5.41, 5.74) is 0. The van der Waals surface area contributed by atoms with Crippen molar-refractivity contribution < 1.29 is 0 Å². The highest BCUT2D eigenvalue weighted by molar-refractivity contribution is 5.12. The van der Waals surface area contributed by atoms with Crippen LogP contribution in [-0.2, 0) is 6.54 Å². The molecule has 0 aliphatic carbocycles. The Kier molecular flexibility index (Phi) is 1.99. The average molecular weight is 188 g/mol. The molecule has 6 nitrogen and oxygen atoms in total. The molecule has 0 saturated heterocycles. The Morgan fingerprint density at radius 2 is 2.50 bits per heavy atom. The first-order valence-electron chi connectivity index (χ1n) is 4.08. The second-order valence-corrected chi connectivity index (χ2v) is 2.83. The van der Waals surface area contributed by atoms with Gasteiger partial charge in [-0.3, -0.25) is 5.10 Å². The Labute approximate surface area is 80.2 Å². The molecule has 0 amide bonds. The molecule has 6 heteroatoms. The predicted molar refractivity (Wildman–Crippen MR) is 47.2 cm³/mol. The average Bonchev–Trinajstić information content (AvgIpc) is 2.76. The van der Waals surface area contributed by atoms with Gasteiger partial charge in [-0.1, -0.05) is 0 Å². The van der Waals surface area contributed by atoms with Gasteiger partial charge >= 0.3 is 0 Å². The van der Waals surface area contributed by atoms with Crippen LogP contribution < -0.4 is 0 Å². The van der Waals surface area contributed by atoms with Crippen molar-refractivity contribution in [3.8, 4) is 6.07 Å². The lowest BCUT2D eigenvalue weighted by molar-refractivity contribution is 0.736. The van der Waals surface area contributed by atoms with Gasteiger partial charge in [-0.15, -0.1) is 0 Å². The van der Waals surface area contributed by atoms with Crippen LogP contribution in [0.4, 0.5) is 0 Å². The van der Waals surface area contributed by atoms with Gasteiger partial charge in [-0.25, -0.2) is 9.97 Å². The van der Waals surface area contributed by atoms with Crippen molar-refractivity contribution >= 4 is 0 Å². The summed E-state index contributed by atoms with van der Waals surface area (Å²) in [7, 11) is 0. The van der Waals surface area contributed by atoms with Crippen LogP contribution in [-0.4, -0.2) is 24.7 Å². The maximum absolute atomic E-state index is 8.71. The molecule has 0 radical (unpaired) electrons. The van der Waals surface area contributed by atoms with Gasteiger partial charge in [0, 0.05) is 12.4 Å². The van der Waals surface area contributed by atoms with Crippen LogP contribution in [0.5, 0.6) is 0 Å². The van der Waals surface area contributed by atoms with Gasteiger partial charge < -0.3 is 4.57 Å². The monoisotopic (exact) mass is 188 g/mol. The van der Waals surface area contributed by atoms with E-state index in [2.05, 4.69) is 20.2 Å². The number of aromatic amines is 1. The number of aryl methyl sites for hydroxylation is 1. The summed E-state index contributed by atoms with van der Waals surface area (Å²) in [5.74, 6) is 1.78. The zero-order chi connectivity index (χ0) is 9.97. The second-order valence-electron chi connectivity index (χ2n) is 2.83. The summed E-state index contributed by atoms with van der Waals surface area (Å²) < 4.78 is 1.70. The van der Waals surface area contributed by atoms with Gasteiger partial charge in [0.05, 0.1) is 6.54 Å². The van der Waals surface area contributed by atoms with Gasteiger partial charge in [0.1, 0.15) is 11.9 Å². The molecule has 0 saturated carbocycles. The minimum absolute atomic E-state index is 0.368. The minimum Gasteiger partial charge on any atom is -0.315 e. The van der Waals surface area contributed by atoms with Crippen molar-refractivity contribution in [1.82, 2.24) is 24.7 Å². The SMILES string of the molecule is Cc1nc(Cn2ccnc2C#N)n[nH]1. The molecule has 70 valence electrons. The molecule has 0 spiro atoms. The molecule has 0 aliphatic heterocycles. The molecule has 1 N–H and O–H groups in total. The summed E-state index contributed by atoms with van der Waals surface area (Å²) in [4.78, 5) is 8.01. The topological polar surface area (TPSA) is 83.2 Å². The van der Waals surface area contributed by atoms with Crippen LogP contribution in [0.25, 0.3) is 0 Å². The van der Waals surface area contributed by atoms with Gasteiger partial charge in [0.25, 0.3) is 0 Å². The summed E-state index contributed by atoms with van der Waals surface area (Å²) in [6, 6.07) is 1.99. The van der Waals surface area contributed by atoms with Crippen molar-refractivity contribution in [2.24, 2.45) is 0 Å².